The standard InChI is InChI=1S/C27H38N4O/c1-28-12-14-29(15-13-28)19-26(32)30-16-17-31-24-11-10-21(20-6-3-2-4-7-20)18-23(24)22-8-5-9-25(30)27(22)31/h10-11,18,20,25H,2-9,12-17,19H2,1H3/t25-/m0/s1. The van der Waals surface area contributed by atoms with Gasteiger partial charge >= 0.3 is 0 Å². The summed E-state index contributed by atoms with van der Waals surface area (Å²) in [6.07, 6.45) is 10.4. The summed E-state index contributed by atoms with van der Waals surface area (Å²) in [5.74, 6) is 1.09. The van der Waals surface area contributed by atoms with Gasteiger partial charge < -0.3 is 14.4 Å². The number of amides is 1. The van der Waals surface area contributed by atoms with E-state index in [0.29, 0.717) is 12.5 Å². The first-order valence-electron chi connectivity index (χ1n) is 13.0. The lowest BCUT2D eigenvalue weighted by Gasteiger charge is -2.41. The summed E-state index contributed by atoms with van der Waals surface area (Å²) in [5.41, 5.74) is 5.98. The molecule has 0 radical (unpaired) electrons. The van der Waals surface area contributed by atoms with Gasteiger partial charge in [0.1, 0.15) is 0 Å². The fraction of sp³-hybridized carbons (Fsp3) is 0.667. The van der Waals surface area contributed by atoms with Crippen LogP contribution in [-0.2, 0) is 17.8 Å². The third-order valence-corrected chi connectivity index (χ3v) is 8.75. The SMILES string of the molecule is CN1CCN(CC(=O)N2CCn3c4c(c5cc(C6CCCCC6)ccc53)CCC[C@@H]42)CC1. The van der Waals surface area contributed by atoms with E-state index in [2.05, 4.69) is 44.5 Å². The molecule has 2 aliphatic heterocycles. The molecule has 0 N–H and O–H groups in total. The number of hydrogen-bond acceptors (Lipinski definition) is 3. The zero-order chi connectivity index (χ0) is 21.7. The Hall–Kier alpha value is -1.85. The maximum atomic E-state index is 13.4. The van der Waals surface area contributed by atoms with E-state index in [0.717, 1.165) is 51.6 Å². The van der Waals surface area contributed by atoms with Crippen LogP contribution in [0.3, 0.4) is 0 Å². The van der Waals surface area contributed by atoms with Crippen molar-refractivity contribution in [3.63, 3.8) is 0 Å². The van der Waals surface area contributed by atoms with Gasteiger partial charge in [-0.2, -0.15) is 0 Å². The summed E-state index contributed by atoms with van der Waals surface area (Å²) in [7, 11) is 2.17. The Morgan fingerprint density at radius 2 is 1.75 bits per heavy atom. The molecule has 6 rings (SSSR count). The minimum Gasteiger partial charge on any atom is -0.341 e. The smallest absolute Gasteiger partial charge is 0.237 e. The summed E-state index contributed by atoms with van der Waals surface area (Å²) >= 11 is 0. The molecule has 1 saturated heterocycles. The number of fused-ring (bicyclic) bond motifs is 3. The number of likely N-dealkylation sites (N-methyl/N-ethyl adjacent to an activating group) is 1. The molecule has 1 atom stereocenters. The Morgan fingerprint density at radius 3 is 2.56 bits per heavy atom. The van der Waals surface area contributed by atoms with Crippen LogP contribution >= 0.6 is 0 Å². The van der Waals surface area contributed by atoms with Crippen molar-refractivity contribution in [3.05, 3.63) is 35.0 Å². The van der Waals surface area contributed by atoms with Crippen molar-refractivity contribution in [3.8, 4) is 0 Å². The molecule has 172 valence electrons. The van der Waals surface area contributed by atoms with Crippen LogP contribution in [0.15, 0.2) is 18.2 Å². The van der Waals surface area contributed by atoms with Gasteiger partial charge in [0.2, 0.25) is 5.91 Å². The van der Waals surface area contributed by atoms with E-state index in [1.54, 1.807) is 11.1 Å². The number of benzene rings is 1. The van der Waals surface area contributed by atoms with Crippen LogP contribution in [0, 0.1) is 0 Å². The van der Waals surface area contributed by atoms with Gasteiger partial charge in [-0.3, -0.25) is 9.69 Å². The van der Waals surface area contributed by atoms with Crippen LogP contribution in [-0.4, -0.2) is 71.5 Å². The zero-order valence-electron chi connectivity index (χ0n) is 19.7. The van der Waals surface area contributed by atoms with Crippen molar-refractivity contribution < 1.29 is 4.79 Å². The maximum Gasteiger partial charge on any atom is 0.237 e. The highest BCUT2D eigenvalue weighted by Gasteiger charge is 2.37. The molecular weight excluding hydrogens is 396 g/mol. The molecule has 32 heavy (non-hydrogen) atoms. The number of carbonyl (C=O) groups is 1. The van der Waals surface area contributed by atoms with E-state index < -0.39 is 0 Å². The predicted octanol–water partition coefficient (Wildman–Crippen LogP) is 4.16. The van der Waals surface area contributed by atoms with Crippen LogP contribution in [0.4, 0.5) is 0 Å². The van der Waals surface area contributed by atoms with E-state index in [-0.39, 0.29) is 6.04 Å². The molecule has 2 aliphatic carbocycles. The molecule has 0 spiro atoms. The van der Waals surface area contributed by atoms with Gasteiger partial charge in [-0.25, -0.2) is 0 Å². The number of piperazine rings is 1. The molecule has 0 unspecified atom stereocenters. The Bertz CT molecular complexity index is 997. The van der Waals surface area contributed by atoms with Gasteiger partial charge in [-0.15, -0.1) is 0 Å². The maximum absolute atomic E-state index is 13.4. The minimum absolute atomic E-state index is 0.276. The topological polar surface area (TPSA) is 31.7 Å². The second kappa shape index (κ2) is 8.49. The quantitative estimate of drug-likeness (QED) is 0.727. The third kappa shape index (κ3) is 3.58. The first-order valence-corrected chi connectivity index (χ1v) is 13.0. The van der Waals surface area contributed by atoms with Crippen molar-refractivity contribution in [2.75, 3.05) is 46.3 Å². The van der Waals surface area contributed by atoms with E-state index in [4.69, 9.17) is 0 Å². The average Bonchev–Trinajstić information content (AvgIpc) is 3.16. The van der Waals surface area contributed by atoms with Crippen molar-refractivity contribution in [2.24, 2.45) is 0 Å². The van der Waals surface area contributed by atoms with Crippen molar-refractivity contribution in [1.82, 2.24) is 19.3 Å². The minimum atomic E-state index is 0.276. The Balaban J connectivity index is 1.29. The lowest BCUT2D eigenvalue weighted by atomic mass is 9.83. The van der Waals surface area contributed by atoms with Crippen LogP contribution in [0.25, 0.3) is 10.9 Å². The molecule has 1 amide bonds. The predicted molar refractivity (Wildman–Crippen MR) is 129 cm³/mol. The summed E-state index contributed by atoms with van der Waals surface area (Å²) < 4.78 is 2.57. The summed E-state index contributed by atoms with van der Waals surface area (Å²) in [5, 5.41) is 1.49. The number of aromatic nitrogens is 1. The molecule has 0 bridgehead atoms. The van der Waals surface area contributed by atoms with E-state index in [9.17, 15) is 4.79 Å². The highest BCUT2D eigenvalue weighted by molar-refractivity contribution is 5.88. The van der Waals surface area contributed by atoms with Crippen LogP contribution in [0.5, 0.6) is 0 Å². The molecule has 1 aromatic carbocycles. The molecule has 1 saturated carbocycles. The summed E-state index contributed by atoms with van der Waals surface area (Å²) in [6, 6.07) is 7.62. The van der Waals surface area contributed by atoms with Crippen LogP contribution in [0.1, 0.15) is 73.7 Å². The van der Waals surface area contributed by atoms with Gasteiger partial charge in [0.15, 0.2) is 0 Å². The van der Waals surface area contributed by atoms with Gasteiger partial charge in [-0.1, -0.05) is 25.3 Å². The van der Waals surface area contributed by atoms with Crippen LogP contribution < -0.4 is 0 Å². The number of carbonyl (C=O) groups excluding carboxylic acids is 1. The molecule has 2 fully saturated rings. The van der Waals surface area contributed by atoms with Crippen molar-refractivity contribution in [1.29, 1.82) is 0 Å². The van der Waals surface area contributed by atoms with Gasteiger partial charge in [-0.05, 0) is 68.3 Å². The first-order chi connectivity index (χ1) is 15.7. The molecular formula is C27H38N4O. The van der Waals surface area contributed by atoms with Gasteiger partial charge in [0, 0.05) is 55.9 Å². The number of nitrogens with zero attached hydrogens (tertiary/aromatic N) is 4. The zero-order valence-corrected chi connectivity index (χ0v) is 19.7. The monoisotopic (exact) mass is 434 g/mol. The van der Waals surface area contributed by atoms with E-state index in [1.165, 1.54) is 61.5 Å². The molecule has 4 aliphatic rings. The van der Waals surface area contributed by atoms with Gasteiger partial charge in [0.05, 0.1) is 12.6 Å². The third-order valence-electron chi connectivity index (χ3n) is 8.75. The molecule has 5 nitrogen and oxygen atoms in total. The molecule has 5 heteroatoms. The van der Waals surface area contributed by atoms with Crippen LogP contribution in [0.2, 0.25) is 0 Å². The fourth-order valence-corrected chi connectivity index (χ4v) is 6.90. The number of hydrogen-bond donors (Lipinski definition) is 0. The summed E-state index contributed by atoms with van der Waals surface area (Å²) in [4.78, 5) is 20.3. The second-order valence-electron chi connectivity index (χ2n) is 10.7. The normalized spacial score (nSPS) is 25.3. The fourth-order valence-electron chi connectivity index (χ4n) is 6.90. The Kier molecular flexibility index (Phi) is 5.50. The Labute approximate surface area is 192 Å². The molecule has 2 aromatic rings. The number of rotatable bonds is 3. The molecule has 1 aromatic heterocycles. The lowest BCUT2D eigenvalue weighted by Crippen LogP contribution is -2.51. The van der Waals surface area contributed by atoms with Gasteiger partial charge in [0.25, 0.3) is 0 Å². The Morgan fingerprint density at radius 1 is 0.938 bits per heavy atom. The highest BCUT2D eigenvalue weighted by Crippen LogP contribution is 2.44. The average molecular weight is 435 g/mol. The lowest BCUT2D eigenvalue weighted by molar-refractivity contribution is -0.136. The highest BCUT2D eigenvalue weighted by atomic mass is 16.2. The number of aryl methyl sites for hydroxylation is 1. The first kappa shape index (κ1) is 20.7. The largest absolute Gasteiger partial charge is 0.341 e. The molecule has 3 heterocycles. The van der Waals surface area contributed by atoms with E-state index in [1.807, 2.05) is 0 Å². The summed E-state index contributed by atoms with van der Waals surface area (Å²) in [6.45, 7) is 6.55. The van der Waals surface area contributed by atoms with Crippen molar-refractivity contribution in [2.45, 2.75) is 69.9 Å². The van der Waals surface area contributed by atoms with E-state index >= 15 is 0 Å². The van der Waals surface area contributed by atoms with Crippen molar-refractivity contribution >= 4 is 16.8 Å². The second-order valence-corrected chi connectivity index (χ2v) is 10.7.